The van der Waals surface area contributed by atoms with Gasteiger partial charge in [0.2, 0.25) is 11.8 Å². The second-order valence-corrected chi connectivity index (χ2v) is 10.7. The summed E-state index contributed by atoms with van der Waals surface area (Å²) in [4.78, 5) is 38.9. The van der Waals surface area contributed by atoms with Crippen molar-refractivity contribution in [1.29, 1.82) is 0 Å². The van der Waals surface area contributed by atoms with Gasteiger partial charge in [-0.3, -0.25) is 9.59 Å². The number of aryl methyl sites for hydroxylation is 1. The van der Waals surface area contributed by atoms with Gasteiger partial charge in [-0.1, -0.05) is 30.3 Å². The number of benzene rings is 1. The number of aromatic nitrogens is 3. The Kier molecular flexibility index (Phi) is 8.35. The molecule has 1 aliphatic heterocycles. The number of carbonyl (C=O) groups is 2. The third-order valence-electron chi connectivity index (χ3n) is 7.70. The van der Waals surface area contributed by atoms with E-state index in [2.05, 4.69) is 20.3 Å². The van der Waals surface area contributed by atoms with Gasteiger partial charge in [0.25, 0.3) is 0 Å². The molecule has 2 aromatic heterocycles. The molecule has 1 N–H and O–H groups in total. The summed E-state index contributed by atoms with van der Waals surface area (Å²) in [5.74, 6) is -0.916. The van der Waals surface area contributed by atoms with Gasteiger partial charge >= 0.3 is 6.18 Å². The predicted molar refractivity (Wildman–Crippen MR) is 143 cm³/mol. The summed E-state index contributed by atoms with van der Waals surface area (Å²) in [5, 5.41) is 2.71. The van der Waals surface area contributed by atoms with E-state index in [9.17, 15) is 22.8 Å². The highest BCUT2D eigenvalue weighted by molar-refractivity contribution is 6.02. The highest BCUT2D eigenvalue weighted by atomic mass is 19.4. The number of amides is 1. The van der Waals surface area contributed by atoms with Crippen LogP contribution >= 0.6 is 0 Å². The van der Waals surface area contributed by atoms with Crippen molar-refractivity contribution in [1.82, 2.24) is 15.0 Å². The van der Waals surface area contributed by atoms with E-state index in [1.165, 1.54) is 6.20 Å². The number of ketones is 1. The first kappa shape index (κ1) is 28.7. The molecule has 216 valence electrons. The number of Topliss-reactive ketones (excluding diaryl/α,β-unsaturated/α-hetero) is 1. The highest BCUT2D eigenvalue weighted by Gasteiger charge is 2.62. The number of rotatable bonds is 10. The largest absolute Gasteiger partial charge is 0.473 e. The van der Waals surface area contributed by atoms with E-state index in [1.807, 2.05) is 36.4 Å². The Labute approximate surface area is 235 Å². The highest BCUT2D eigenvalue weighted by Crippen LogP contribution is 2.60. The van der Waals surface area contributed by atoms with Crippen molar-refractivity contribution >= 4 is 17.5 Å². The van der Waals surface area contributed by atoms with Crippen LogP contribution in [-0.4, -0.2) is 39.4 Å². The molecule has 2 atom stereocenters. The van der Waals surface area contributed by atoms with Gasteiger partial charge in [0.05, 0.1) is 17.2 Å². The summed E-state index contributed by atoms with van der Waals surface area (Å²) in [6.07, 6.45) is -1.40. The molecule has 0 bridgehead atoms. The fourth-order valence-corrected chi connectivity index (χ4v) is 4.95. The fourth-order valence-electron chi connectivity index (χ4n) is 4.95. The van der Waals surface area contributed by atoms with Gasteiger partial charge in [-0.15, -0.1) is 0 Å². The van der Waals surface area contributed by atoms with Crippen LogP contribution in [0.2, 0.25) is 0 Å². The Hall–Kier alpha value is -3.86. The molecular formula is C30H31F3N4O4. The lowest BCUT2D eigenvalue weighted by molar-refractivity contribution is -0.188. The lowest BCUT2D eigenvalue weighted by Crippen LogP contribution is -2.31. The molecule has 1 aliphatic carbocycles. The van der Waals surface area contributed by atoms with Crippen LogP contribution in [0.1, 0.15) is 71.9 Å². The van der Waals surface area contributed by atoms with Crippen molar-refractivity contribution in [3.63, 3.8) is 0 Å². The average Bonchev–Trinajstić information content (AvgIpc) is 3.78. The van der Waals surface area contributed by atoms with Crippen LogP contribution in [0.5, 0.6) is 5.88 Å². The first-order chi connectivity index (χ1) is 19.6. The molecule has 2 aliphatic rings. The fraction of sp³-hybridized carbons (Fsp3) is 0.433. The second-order valence-electron chi connectivity index (χ2n) is 10.7. The Morgan fingerprint density at radius 1 is 1.10 bits per heavy atom. The summed E-state index contributed by atoms with van der Waals surface area (Å²) >= 11 is 0. The number of ether oxygens (including phenoxy) is 2. The molecule has 3 heterocycles. The Balaban J connectivity index is 1.19. The van der Waals surface area contributed by atoms with Gasteiger partial charge in [0.15, 0.2) is 11.6 Å². The number of pyridine rings is 1. The predicted octanol–water partition coefficient (Wildman–Crippen LogP) is 6.17. The van der Waals surface area contributed by atoms with E-state index in [1.54, 1.807) is 19.2 Å². The van der Waals surface area contributed by atoms with Crippen LogP contribution in [0.25, 0.3) is 0 Å². The maximum atomic E-state index is 13.3. The molecular weight excluding hydrogens is 537 g/mol. The Morgan fingerprint density at radius 3 is 2.56 bits per heavy atom. The average molecular weight is 569 g/mol. The number of nitrogens with zero attached hydrogens (tertiary/aromatic N) is 3. The first-order valence-electron chi connectivity index (χ1n) is 13.6. The monoisotopic (exact) mass is 568 g/mol. The van der Waals surface area contributed by atoms with E-state index in [0.29, 0.717) is 37.6 Å². The van der Waals surface area contributed by atoms with Crippen molar-refractivity contribution in [3.05, 3.63) is 77.4 Å². The van der Waals surface area contributed by atoms with Crippen molar-refractivity contribution < 1.29 is 32.2 Å². The SMILES string of the molecule is Cc1cnc(C(=O)CCC2(C(F)(F)F)CC2)c(NC(=O)C2CCOC(c3ccc(OCc4ccccc4)nc3)C2)n1. The number of alkyl halides is 3. The van der Waals surface area contributed by atoms with Crippen molar-refractivity contribution in [2.75, 3.05) is 11.9 Å². The Morgan fingerprint density at radius 2 is 1.88 bits per heavy atom. The van der Waals surface area contributed by atoms with E-state index < -0.39 is 23.3 Å². The van der Waals surface area contributed by atoms with Gasteiger partial charge in [0.1, 0.15) is 12.3 Å². The number of hydrogen-bond donors (Lipinski definition) is 1. The summed E-state index contributed by atoms with van der Waals surface area (Å²) in [5.41, 5.74) is 0.387. The van der Waals surface area contributed by atoms with Gasteiger partial charge in [0, 0.05) is 37.4 Å². The first-order valence-corrected chi connectivity index (χ1v) is 13.6. The third-order valence-corrected chi connectivity index (χ3v) is 7.70. The topological polar surface area (TPSA) is 103 Å². The number of hydrogen-bond acceptors (Lipinski definition) is 7. The maximum Gasteiger partial charge on any atom is 0.394 e. The minimum Gasteiger partial charge on any atom is -0.473 e. The van der Waals surface area contributed by atoms with Gasteiger partial charge in [-0.05, 0) is 56.2 Å². The van der Waals surface area contributed by atoms with Crippen LogP contribution in [0.3, 0.4) is 0 Å². The van der Waals surface area contributed by atoms with Gasteiger partial charge in [-0.2, -0.15) is 13.2 Å². The third kappa shape index (κ3) is 6.90. The Bertz CT molecular complexity index is 1380. The molecule has 2 fully saturated rings. The number of halogens is 3. The zero-order chi connectivity index (χ0) is 29.0. The molecule has 8 nitrogen and oxygen atoms in total. The molecule has 1 saturated carbocycles. The quantitative estimate of drug-likeness (QED) is 0.292. The van der Waals surface area contributed by atoms with Crippen LogP contribution in [0.4, 0.5) is 19.0 Å². The van der Waals surface area contributed by atoms with Crippen molar-refractivity contribution in [2.45, 2.75) is 64.3 Å². The van der Waals surface area contributed by atoms with E-state index >= 15 is 0 Å². The van der Waals surface area contributed by atoms with Crippen LogP contribution in [-0.2, 0) is 16.1 Å². The second kappa shape index (κ2) is 11.9. The summed E-state index contributed by atoms with van der Waals surface area (Å²) in [6, 6.07) is 13.4. The molecule has 5 rings (SSSR count). The summed E-state index contributed by atoms with van der Waals surface area (Å²) < 4.78 is 51.6. The molecule has 1 amide bonds. The standard InChI is InChI=1S/C30H31F3N4O4/c1-19-16-35-26(23(38)9-11-29(12-13-29)30(31,32)33)27(36-19)37-28(39)21-10-14-40-24(15-21)22-7-8-25(34-17-22)41-18-20-5-3-2-4-6-20/h2-8,16-17,21,24H,9-15,18H2,1H3,(H,36,37,39). The number of nitrogens with one attached hydrogen (secondary N) is 1. The number of anilines is 1. The van der Waals surface area contributed by atoms with Crippen molar-refractivity contribution in [3.8, 4) is 5.88 Å². The smallest absolute Gasteiger partial charge is 0.394 e. The molecule has 2 unspecified atom stereocenters. The van der Waals surface area contributed by atoms with Crippen LogP contribution < -0.4 is 10.1 Å². The normalized spacial score (nSPS) is 19.8. The maximum absolute atomic E-state index is 13.3. The summed E-state index contributed by atoms with van der Waals surface area (Å²) in [6.45, 7) is 2.40. The molecule has 41 heavy (non-hydrogen) atoms. The van der Waals surface area contributed by atoms with E-state index in [-0.39, 0.29) is 49.2 Å². The van der Waals surface area contributed by atoms with Crippen LogP contribution in [0, 0.1) is 18.3 Å². The minimum atomic E-state index is -4.34. The van der Waals surface area contributed by atoms with Gasteiger partial charge in [-0.25, -0.2) is 15.0 Å². The number of carbonyl (C=O) groups excluding carboxylic acids is 2. The zero-order valence-corrected chi connectivity index (χ0v) is 22.6. The molecule has 0 spiro atoms. The van der Waals surface area contributed by atoms with Crippen molar-refractivity contribution in [2.24, 2.45) is 11.3 Å². The lowest BCUT2D eigenvalue weighted by atomic mass is 9.91. The lowest BCUT2D eigenvalue weighted by Gasteiger charge is -2.29. The van der Waals surface area contributed by atoms with E-state index in [0.717, 1.165) is 11.1 Å². The molecule has 1 aromatic carbocycles. The minimum absolute atomic E-state index is 0.0246. The molecule has 1 saturated heterocycles. The summed E-state index contributed by atoms with van der Waals surface area (Å²) in [7, 11) is 0. The van der Waals surface area contributed by atoms with Gasteiger partial charge < -0.3 is 14.8 Å². The van der Waals surface area contributed by atoms with E-state index in [4.69, 9.17) is 9.47 Å². The molecule has 0 radical (unpaired) electrons. The zero-order valence-electron chi connectivity index (χ0n) is 22.6. The molecule has 11 heteroatoms. The van der Waals surface area contributed by atoms with Crippen LogP contribution in [0.15, 0.2) is 54.9 Å². The molecule has 3 aromatic rings.